The second-order valence-electron chi connectivity index (χ2n) is 6.65. The molecule has 7 heteroatoms. The van der Waals surface area contributed by atoms with E-state index in [0.29, 0.717) is 29.3 Å². The average molecular weight is 428 g/mol. The van der Waals surface area contributed by atoms with Crippen molar-refractivity contribution < 1.29 is 13.9 Å². The first-order chi connectivity index (χ1) is 13.9. The summed E-state index contributed by atoms with van der Waals surface area (Å²) in [6.07, 6.45) is 1.05. The number of amides is 1. The van der Waals surface area contributed by atoms with Crippen LogP contribution in [-0.2, 0) is 15.7 Å². The number of hydrogen-bond donors (Lipinski definition) is 2. The van der Waals surface area contributed by atoms with Crippen LogP contribution in [0.25, 0.3) is 10.4 Å². The Morgan fingerprint density at radius 2 is 1.83 bits per heavy atom. The zero-order valence-electron chi connectivity index (χ0n) is 16.6. The number of benzene rings is 2. The van der Waals surface area contributed by atoms with E-state index in [4.69, 9.17) is 10.3 Å². The Kier molecular flexibility index (Phi) is 6.91. The standard InChI is InChI=1S/C22H25N2O3PS/c1-3-28(26,4-2)27-15-16-7-9-17(10-8-16)22(25)24-20-14-18(11-12-19(20)23)21-6-5-13-29-21/h5-14H,3-4,15,23H2,1-2H3,(H,24,25). The van der Waals surface area contributed by atoms with Gasteiger partial charge in [0.05, 0.1) is 18.0 Å². The van der Waals surface area contributed by atoms with Crippen LogP contribution >= 0.6 is 18.7 Å². The topological polar surface area (TPSA) is 81.4 Å². The number of nitrogens with two attached hydrogens (primary N) is 1. The molecule has 0 aliphatic rings. The van der Waals surface area contributed by atoms with Gasteiger partial charge in [-0.05, 0) is 46.8 Å². The highest BCUT2D eigenvalue weighted by atomic mass is 32.1. The van der Waals surface area contributed by atoms with Gasteiger partial charge in [-0.25, -0.2) is 0 Å². The molecule has 1 amide bonds. The highest BCUT2D eigenvalue weighted by Gasteiger charge is 2.17. The summed E-state index contributed by atoms with van der Waals surface area (Å²) in [6, 6.07) is 16.7. The maximum absolute atomic E-state index is 12.6. The van der Waals surface area contributed by atoms with Crippen molar-refractivity contribution in [3.8, 4) is 10.4 Å². The van der Waals surface area contributed by atoms with Gasteiger partial charge in [0.1, 0.15) is 0 Å². The van der Waals surface area contributed by atoms with Crippen molar-refractivity contribution in [3.05, 3.63) is 71.1 Å². The lowest BCUT2D eigenvalue weighted by Crippen LogP contribution is -2.13. The summed E-state index contributed by atoms with van der Waals surface area (Å²) >= 11 is 1.63. The lowest BCUT2D eigenvalue weighted by atomic mass is 10.1. The quantitative estimate of drug-likeness (QED) is 0.336. The molecule has 1 aromatic heterocycles. The van der Waals surface area contributed by atoms with E-state index in [1.165, 1.54) is 0 Å². The second kappa shape index (κ2) is 9.40. The van der Waals surface area contributed by atoms with Crippen LogP contribution in [0.1, 0.15) is 29.8 Å². The number of anilines is 2. The minimum absolute atomic E-state index is 0.236. The molecule has 5 nitrogen and oxygen atoms in total. The minimum Gasteiger partial charge on any atom is -0.397 e. The summed E-state index contributed by atoms with van der Waals surface area (Å²) in [4.78, 5) is 13.8. The van der Waals surface area contributed by atoms with Crippen LogP contribution in [0.15, 0.2) is 60.0 Å². The van der Waals surface area contributed by atoms with Gasteiger partial charge in [0.2, 0.25) is 7.37 Å². The number of carbonyl (C=O) groups excluding carboxylic acids is 1. The molecule has 2 aromatic carbocycles. The summed E-state index contributed by atoms with van der Waals surface area (Å²) in [7, 11) is -2.55. The van der Waals surface area contributed by atoms with E-state index in [-0.39, 0.29) is 12.5 Å². The normalized spacial score (nSPS) is 11.4. The van der Waals surface area contributed by atoms with Crippen LogP contribution in [0.2, 0.25) is 0 Å². The highest BCUT2D eigenvalue weighted by molar-refractivity contribution is 7.58. The van der Waals surface area contributed by atoms with E-state index in [0.717, 1.165) is 16.0 Å². The molecule has 0 saturated carbocycles. The fourth-order valence-electron chi connectivity index (χ4n) is 2.81. The first kappa shape index (κ1) is 21.3. The van der Waals surface area contributed by atoms with E-state index < -0.39 is 7.37 Å². The molecule has 0 aliphatic heterocycles. The molecular weight excluding hydrogens is 403 g/mol. The van der Waals surface area contributed by atoms with Gasteiger partial charge in [-0.3, -0.25) is 9.36 Å². The SMILES string of the molecule is CCP(=O)(CC)OCc1ccc(C(=O)Nc2cc(-c3cccs3)ccc2N)cc1. The third-order valence-corrected chi connectivity index (χ3v) is 8.20. The predicted molar refractivity (Wildman–Crippen MR) is 122 cm³/mol. The second-order valence-corrected chi connectivity index (χ2v) is 10.8. The zero-order chi connectivity index (χ0) is 20.9. The third-order valence-electron chi connectivity index (χ3n) is 4.75. The van der Waals surface area contributed by atoms with Crippen molar-refractivity contribution >= 4 is 36.0 Å². The Balaban J connectivity index is 1.68. The van der Waals surface area contributed by atoms with Gasteiger partial charge >= 0.3 is 0 Å². The van der Waals surface area contributed by atoms with Crippen LogP contribution in [-0.4, -0.2) is 18.2 Å². The molecule has 0 atom stereocenters. The largest absolute Gasteiger partial charge is 0.397 e. The molecule has 1 heterocycles. The van der Waals surface area contributed by atoms with Crippen molar-refractivity contribution in [1.29, 1.82) is 0 Å². The summed E-state index contributed by atoms with van der Waals surface area (Å²) < 4.78 is 18.0. The number of nitrogens with one attached hydrogen (secondary N) is 1. The van der Waals surface area contributed by atoms with E-state index in [1.807, 2.05) is 55.6 Å². The summed E-state index contributed by atoms with van der Waals surface area (Å²) in [5.41, 5.74) is 9.54. The van der Waals surface area contributed by atoms with Gasteiger partial charge in [0, 0.05) is 22.8 Å². The van der Waals surface area contributed by atoms with Gasteiger partial charge in [-0.1, -0.05) is 38.1 Å². The van der Waals surface area contributed by atoms with Crippen LogP contribution in [0.3, 0.4) is 0 Å². The van der Waals surface area contributed by atoms with E-state index in [2.05, 4.69) is 5.32 Å². The van der Waals surface area contributed by atoms with E-state index >= 15 is 0 Å². The number of thiophene rings is 1. The van der Waals surface area contributed by atoms with Crippen LogP contribution in [0, 0.1) is 0 Å². The molecule has 152 valence electrons. The molecule has 0 unspecified atom stereocenters. The van der Waals surface area contributed by atoms with Crippen molar-refractivity contribution in [1.82, 2.24) is 0 Å². The maximum atomic E-state index is 12.6. The average Bonchev–Trinajstić information content (AvgIpc) is 3.29. The van der Waals surface area contributed by atoms with Gasteiger partial charge in [0.25, 0.3) is 5.91 Å². The molecule has 0 aliphatic carbocycles. The highest BCUT2D eigenvalue weighted by Crippen LogP contribution is 2.46. The Morgan fingerprint density at radius 3 is 2.45 bits per heavy atom. The van der Waals surface area contributed by atoms with Gasteiger partial charge in [0.15, 0.2) is 0 Å². The lowest BCUT2D eigenvalue weighted by Gasteiger charge is -2.15. The number of carbonyl (C=O) groups is 1. The lowest BCUT2D eigenvalue weighted by molar-refractivity contribution is 0.102. The van der Waals surface area contributed by atoms with Crippen LogP contribution in [0.4, 0.5) is 11.4 Å². The summed E-state index contributed by atoms with van der Waals surface area (Å²) in [5.74, 6) is -0.236. The van der Waals surface area contributed by atoms with E-state index in [1.54, 1.807) is 29.5 Å². The molecule has 3 N–H and O–H groups in total. The fourth-order valence-corrected chi connectivity index (χ4v) is 4.73. The van der Waals surface area contributed by atoms with Crippen molar-refractivity contribution in [3.63, 3.8) is 0 Å². The Morgan fingerprint density at radius 1 is 1.10 bits per heavy atom. The maximum Gasteiger partial charge on any atom is 0.255 e. The van der Waals surface area contributed by atoms with Crippen LogP contribution < -0.4 is 11.1 Å². The zero-order valence-corrected chi connectivity index (χ0v) is 18.3. The van der Waals surface area contributed by atoms with Gasteiger partial charge < -0.3 is 15.6 Å². The molecule has 3 aromatic rings. The molecule has 0 spiro atoms. The Bertz CT molecular complexity index is 1010. The fraction of sp³-hybridized carbons (Fsp3) is 0.227. The summed E-state index contributed by atoms with van der Waals surface area (Å²) in [5, 5.41) is 4.90. The monoisotopic (exact) mass is 428 g/mol. The van der Waals surface area contributed by atoms with Crippen molar-refractivity contribution in [2.24, 2.45) is 0 Å². The Labute approximate surface area is 175 Å². The first-order valence-corrected chi connectivity index (χ1v) is 12.4. The third kappa shape index (κ3) is 5.36. The molecule has 0 fully saturated rings. The molecule has 3 rings (SSSR count). The molecule has 0 saturated heterocycles. The smallest absolute Gasteiger partial charge is 0.255 e. The van der Waals surface area contributed by atoms with E-state index in [9.17, 15) is 9.36 Å². The number of rotatable bonds is 8. The first-order valence-electron chi connectivity index (χ1n) is 9.50. The van der Waals surface area contributed by atoms with Crippen LogP contribution in [0.5, 0.6) is 0 Å². The molecule has 29 heavy (non-hydrogen) atoms. The summed E-state index contributed by atoms with van der Waals surface area (Å²) in [6.45, 7) is 4.02. The number of nitrogen functional groups attached to an aromatic ring is 1. The van der Waals surface area contributed by atoms with Crippen molar-refractivity contribution in [2.45, 2.75) is 20.5 Å². The van der Waals surface area contributed by atoms with Crippen molar-refractivity contribution in [2.75, 3.05) is 23.4 Å². The number of hydrogen-bond acceptors (Lipinski definition) is 5. The minimum atomic E-state index is -2.55. The molecular formula is C22H25N2O3PS. The predicted octanol–water partition coefficient (Wildman–Crippen LogP) is 6.08. The van der Waals surface area contributed by atoms with Gasteiger partial charge in [-0.2, -0.15) is 0 Å². The Hall–Kier alpha value is -2.40. The molecule has 0 radical (unpaired) electrons. The molecule has 0 bridgehead atoms. The van der Waals surface area contributed by atoms with Gasteiger partial charge in [-0.15, -0.1) is 11.3 Å².